The van der Waals surface area contributed by atoms with Crippen LogP contribution in [0.4, 0.5) is 5.13 Å². The lowest BCUT2D eigenvalue weighted by atomic mass is 10.3. The van der Waals surface area contributed by atoms with Crippen LogP contribution in [0.15, 0.2) is 23.1 Å². The molecule has 2 aromatic heterocycles. The number of aromatic nitrogens is 3. The van der Waals surface area contributed by atoms with Crippen LogP contribution in [0.25, 0.3) is 10.6 Å². The van der Waals surface area contributed by atoms with E-state index in [9.17, 15) is 4.79 Å². The molecule has 114 valence electrons. The monoisotopic (exact) mass is 308 g/mol. The molecule has 0 spiro atoms. The zero-order valence-electron chi connectivity index (χ0n) is 12.5. The molecular formula is C14H20N4O2S. The number of hydrogen-bond acceptors (Lipinski definition) is 6. The van der Waals surface area contributed by atoms with Gasteiger partial charge in [0.1, 0.15) is 0 Å². The zero-order valence-corrected chi connectivity index (χ0v) is 13.3. The first-order valence-electron chi connectivity index (χ1n) is 6.90. The van der Waals surface area contributed by atoms with Gasteiger partial charge < -0.3 is 14.6 Å². The summed E-state index contributed by atoms with van der Waals surface area (Å²) in [6.07, 6.45) is 2.59. The third kappa shape index (κ3) is 4.12. The molecule has 0 bridgehead atoms. The predicted molar refractivity (Wildman–Crippen MR) is 84.9 cm³/mol. The first-order valence-corrected chi connectivity index (χ1v) is 7.72. The molecule has 0 unspecified atom stereocenters. The van der Waals surface area contributed by atoms with E-state index in [-0.39, 0.29) is 11.6 Å². The van der Waals surface area contributed by atoms with Gasteiger partial charge in [-0.25, -0.2) is 0 Å². The second-order valence-corrected chi connectivity index (χ2v) is 5.96. The van der Waals surface area contributed by atoms with Gasteiger partial charge in [0.2, 0.25) is 5.13 Å². The molecule has 0 aliphatic carbocycles. The maximum Gasteiger partial charge on any atom is 0.260 e. The molecule has 6 nitrogen and oxygen atoms in total. The van der Waals surface area contributed by atoms with Gasteiger partial charge in [-0.2, -0.15) is 0 Å². The highest BCUT2D eigenvalue weighted by Crippen LogP contribution is 2.24. The highest BCUT2D eigenvalue weighted by molar-refractivity contribution is 7.18. The fourth-order valence-electron chi connectivity index (χ4n) is 1.89. The maximum absolute atomic E-state index is 12.4. The van der Waals surface area contributed by atoms with Crippen molar-refractivity contribution < 1.29 is 4.74 Å². The van der Waals surface area contributed by atoms with Crippen molar-refractivity contribution in [2.75, 3.05) is 19.0 Å². The van der Waals surface area contributed by atoms with Gasteiger partial charge in [0.15, 0.2) is 5.01 Å². The van der Waals surface area contributed by atoms with Crippen LogP contribution in [-0.4, -0.2) is 34.5 Å². The number of hydrogen-bond donors (Lipinski definition) is 1. The Kier molecular flexibility index (Phi) is 5.46. The van der Waals surface area contributed by atoms with Crippen LogP contribution in [0.3, 0.4) is 0 Å². The first-order chi connectivity index (χ1) is 10.1. The van der Waals surface area contributed by atoms with Crippen LogP contribution in [0.1, 0.15) is 20.3 Å². The number of anilines is 1. The average Bonchev–Trinajstić information content (AvgIpc) is 2.88. The average molecular weight is 308 g/mol. The maximum atomic E-state index is 12.4. The Bertz CT molecular complexity index is 636. The second-order valence-electron chi connectivity index (χ2n) is 4.98. The van der Waals surface area contributed by atoms with Crippen LogP contribution in [0, 0.1) is 0 Å². The summed E-state index contributed by atoms with van der Waals surface area (Å²) in [7, 11) is 1.66. The van der Waals surface area contributed by atoms with Crippen LogP contribution in [0.5, 0.6) is 0 Å². The van der Waals surface area contributed by atoms with Crippen molar-refractivity contribution in [1.29, 1.82) is 0 Å². The fourth-order valence-corrected chi connectivity index (χ4v) is 2.80. The van der Waals surface area contributed by atoms with Crippen LogP contribution < -0.4 is 10.9 Å². The van der Waals surface area contributed by atoms with Crippen molar-refractivity contribution in [2.45, 2.75) is 32.9 Å². The molecule has 2 rings (SSSR count). The van der Waals surface area contributed by atoms with Crippen molar-refractivity contribution in [3.05, 3.63) is 28.7 Å². The molecule has 0 aliphatic heterocycles. The van der Waals surface area contributed by atoms with Gasteiger partial charge in [0.25, 0.3) is 5.56 Å². The summed E-state index contributed by atoms with van der Waals surface area (Å²) in [5, 5.41) is 12.7. The molecule has 0 aliphatic rings. The lowest BCUT2D eigenvalue weighted by Gasteiger charge is -2.06. The van der Waals surface area contributed by atoms with E-state index in [1.807, 2.05) is 19.9 Å². The van der Waals surface area contributed by atoms with Crippen molar-refractivity contribution >= 4 is 16.5 Å². The van der Waals surface area contributed by atoms with E-state index in [1.165, 1.54) is 11.3 Å². The van der Waals surface area contributed by atoms with Gasteiger partial charge in [0, 0.05) is 32.5 Å². The van der Waals surface area contributed by atoms with Crippen molar-refractivity contribution in [3.63, 3.8) is 0 Å². The first kappa shape index (κ1) is 15.7. The Hall–Kier alpha value is -1.73. The number of methoxy groups -OCH3 is 1. The molecule has 0 atom stereocenters. The number of aryl methyl sites for hydroxylation is 1. The summed E-state index contributed by atoms with van der Waals surface area (Å²) in [4.78, 5) is 12.4. The van der Waals surface area contributed by atoms with Gasteiger partial charge in [-0.05, 0) is 32.4 Å². The van der Waals surface area contributed by atoms with Gasteiger partial charge in [-0.3, -0.25) is 4.79 Å². The molecule has 2 heterocycles. The quantitative estimate of drug-likeness (QED) is 0.794. The van der Waals surface area contributed by atoms with E-state index in [2.05, 4.69) is 15.5 Å². The van der Waals surface area contributed by atoms with Crippen LogP contribution in [-0.2, 0) is 11.3 Å². The fraction of sp³-hybridized carbons (Fsp3) is 0.500. The molecule has 0 radical (unpaired) electrons. The molecule has 0 saturated carbocycles. The molecule has 21 heavy (non-hydrogen) atoms. The van der Waals surface area contributed by atoms with Crippen LogP contribution in [0.2, 0.25) is 0 Å². The molecule has 0 saturated heterocycles. The minimum absolute atomic E-state index is 0.0409. The number of nitrogens with one attached hydrogen (secondary N) is 1. The summed E-state index contributed by atoms with van der Waals surface area (Å²) in [5.41, 5.74) is 0.546. The highest BCUT2D eigenvalue weighted by Gasteiger charge is 2.12. The number of rotatable bonds is 7. The molecule has 1 N–H and O–H groups in total. The van der Waals surface area contributed by atoms with Crippen molar-refractivity contribution in [3.8, 4) is 10.6 Å². The predicted octanol–water partition coefficient (Wildman–Crippen LogP) is 2.22. The number of pyridine rings is 1. The Labute approximate surface area is 127 Å². The topological polar surface area (TPSA) is 69.0 Å². The minimum Gasteiger partial charge on any atom is -0.385 e. The third-order valence-corrected chi connectivity index (χ3v) is 3.72. The SMILES string of the molecule is COCCCn1cccc(-c2nnc(NC(C)C)s2)c1=O. The van der Waals surface area contributed by atoms with Gasteiger partial charge in [-0.15, -0.1) is 10.2 Å². The smallest absolute Gasteiger partial charge is 0.260 e. The summed E-state index contributed by atoms with van der Waals surface area (Å²) >= 11 is 1.39. The van der Waals surface area contributed by atoms with Crippen molar-refractivity contribution in [2.24, 2.45) is 0 Å². The molecule has 7 heteroatoms. The molecule has 0 fully saturated rings. The zero-order chi connectivity index (χ0) is 15.2. The highest BCUT2D eigenvalue weighted by atomic mass is 32.1. The third-order valence-electron chi connectivity index (χ3n) is 2.84. The van der Waals surface area contributed by atoms with E-state index in [1.54, 1.807) is 23.9 Å². The molecule has 2 aromatic rings. The lowest BCUT2D eigenvalue weighted by Crippen LogP contribution is -2.21. The second kappa shape index (κ2) is 7.33. The minimum atomic E-state index is -0.0409. The van der Waals surface area contributed by atoms with Gasteiger partial charge >= 0.3 is 0 Å². The largest absolute Gasteiger partial charge is 0.385 e. The number of ether oxygens (including phenoxy) is 1. The lowest BCUT2D eigenvalue weighted by molar-refractivity contribution is 0.190. The Morgan fingerprint density at radius 3 is 2.95 bits per heavy atom. The van der Waals surface area contributed by atoms with E-state index < -0.39 is 0 Å². The number of nitrogens with zero attached hydrogens (tertiary/aromatic N) is 3. The standard InChI is InChI=1S/C14H20N4O2S/c1-10(2)15-14-17-16-12(21-14)11-6-4-7-18(13(11)19)8-5-9-20-3/h4,6-7,10H,5,8-9H2,1-3H3,(H,15,17). The van der Waals surface area contributed by atoms with Crippen molar-refractivity contribution in [1.82, 2.24) is 14.8 Å². The summed E-state index contributed by atoms with van der Waals surface area (Å²) in [5.74, 6) is 0. The molecule has 0 aromatic carbocycles. The van der Waals surface area contributed by atoms with Gasteiger partial charge in [0.05, 0.1) is 5.56 Å². The molecule has 0 amide bonds. The summed E-state index contributed by atoms with van der Waals surface area (Å²) in [6.45, 7) is 5.34. The Balaban J connectivity index is 2.21. The summed E-state index contributed by atoms with van der Waals surface area (Å²) in [6, 6.07) is 3.93. The van der Waals surface area contributed by atoms with E-state index in [0.29, 0.717) is 23.7 Å². The van der Waals surface area contributed by atoms with Crippen LogP contribution >= 0.6 is 11.3 Å². The summed E-state index contributed by atoms with van der Waals surface area (Å²) < 4.78 is 6.70. The van der Waals surface area contributed by atoms with E-state index >= 15 is 0 Å². The Morgan fingerprint density at radius 1 is 1.43 bits per heavy atom. The van der Waals surface area contributed by atoms with E-state index in [0.717, 1.165) is 11.6 Å². The molecular weight excluding hydrogens is 288 g/mol. The van der Waals surface area contributed by atoms with Gasteiger partial charge in [-0.1, -0.05) is 11.3 Å². The Morgan fingerprint density at radius 2 is 2.24 bits per heavy atom. The normalized spacial score (nSPS) is 11.0. The van der Waals surface area contributed by atoms with E-state index in [4.69, 9.17) is 4.74 Å².